The van der Waals surface area contributed by atoms with Crippen LogP contribution in [-0.4, -0.2) is 49.5 Å². The number of ether oxygens (including phenoxy) is 1. The molecule has 0 aliphatic carbocycles. The second-order valence-electron chi connectivity index (χ2n) is 5.54. The molecule has 140 valence electrons. The number of hydrogen-bond acceptors (Lipinski definition) is 6. The van der Waals surface area contributed by atoms with Gasteiger partial charge in [0, 0.05) is 24.7 Å². The maximum atomic E-state index is 12.7. The molecule has 0 saturated carbocycles. The molecule has 2 aromatic rings. The first kappa shape index (κ1) is 19.1. The smallest absolute Gasteiger partial charge is 0.244 e. The standard InChI is InChI=1S/C15H17ClN4O4S2/c16-12-2-1-11(26(22,23)20-3-6-24-7-4-20)9-13(12)18-14(21)10-19-5-8-25-15(19)17/h1-2,5,8-9,17H,3-4,6-7,10H2,(H,18,21). The molecule has 1 aliphatic heterocycles. The van der Waals surface area contributed by atoms with Crippen molar-refractivity contribution < 1.29 is 17.9 Å². The second kappa shape index (κ2) is 7.89. The molecule has 0 unspecified atom stereocenters. The molecule has 2 heterocycles. The highest BCUT2D eigenvalue weighted by Gasteiger charge is 2.27. The SMILES string of the molecule is N=c1sccn1CC(=O)Nc1cc(S(=O)(=O)N2CCOCC2)ccc1Cl. The van der Waals surface area contributed by atoms with Crippen molar-refractivity contribution in [3.05, 3.63) is 39.6 Å². The Labute approximate surface area is 159 Å². The first-order chi connectivity index (χ1) is 12.4. The van der Waals surface area contributed by atoms with Crippen LogP contribution in [0.4, 0.5) is 5.69 Å². The number of benzene rings is 1. The molecule has 0 radical (unpaired) electrons. The molecular weight excluding hydrogens is 400 g/mol. The molecule has 1 fully saturated rings. The molecule has 1 aliphatic rings. The van der Waals surface area contributed by atoms with Crippen LogP contribution in [0, 0.1) is 5.41 Å². The Morgan fingerprint density at radius 1 is 1.35 bits per heavy atom. The van der Waals surface area contributed by atoms with Gasteiger partial charge in [-0.05, 0) is 18.2 Å². The summed E-state index contributed by atoms with van der Waals surface area (Å²) in [4.78, 5) is 12.5. The van der Waals surface area contributed by atoms with Crippen molar-refractivity contribution in [2.45, 2.75) is 11.4 Å². The number of anilines is 1. The number of sulfonamides is 1. The topological polar surface area (TPSA) is 104 Å². The molecule has 2 N–H and O–H groups in total. The fourth-order valence-corrected chi connectivity index (χ4v) is 4.67. The van der Waals surface area contributed by atoms with Gasteiger partial charge in [-0.1, -0.05) is 11.6 Å². The van der Waals surface area contributed by atoms with Crippen LogP contribution in [0.2, 0.25) is 5.02 Å². The van der Waals surface area contributed by atoms with Gasteiger partial charge in [0.25, 0.3) is 0 Å². The van der Waals surface area contributed by atoms with Crippen LogP contribution in [0.5, 0.6) is 0 Å². The number of aromatic nitrogens is 1. The fourth-order valence-electron chi connectivity index (χ4n) is 2.47. The average molecular weight is 417 g/mol. The summed E-state index contributed by atoms with van der Waals surface area (Å²) >= 11 is 7.31. The Morgan fingerprint density at radius 2 is 2.08 bits per heavy atom. The van der Waals surface area contributed by atoms with Gasteiger partial charge in [-0.2, -0.15) is 4.31 Å². The number of carbonyl (C=O) groups excluding carboxylic acids is 1. The van der Waals surface area contributed by atoms with Crippen molar-refractivity contribution in [1.29, 1.82) is 5.41 Å². The lowest BCUT2D eigenvalue weighted by molar-refractivity contribution is -0.116. The largest absolute Gasteiger partial charge is 0.379 e. The molecule has 3 rings (SSSR count). The van der Waals surface area contributed by atoms with Crippen molar-refractivity contribution in [3.63, 3.8) is 0 Å². The van der Waals surface area contributed by atoms with Gasteiger partial charge < -0.3 is 14.6 Å². The fraction of sp³-hybridized carbons (Fsp3) is 0.333. The zero-order chi connectivity index (χ0) is 18.7. The third-order valence-electron chi connectivity index (χ3n) is 3.82. The van der Waals surface area contributed by atoms with Gasteiger partial charge in [0.05, 0.1) is 28.8 Å². The molecular formula is C15H17ClN4O4S2. The van der Waals surface area contributed by atoms with Crippen LogP contribution < -0.4 is 10.1 Å². The first-order valence-electron chi connectivity index (χ1n) is 7.74. The maximum absolute atomic E-state index is 12.7. The quantitative estimate of drug-likeness (QED) is 0.767. The van der Waals surface area contributed by atoms with Gasteiger partial charge in [0.1, 0.15) is 6.54 Å². The van der Waals surface area contributed by atoms with Gasteiger partial charge in [0.2, 0.25) is 15.9 Å². The highest BCUT2D eigenvalue weighted by Crippen LogP contribution is 2.27. The summed E-state index contributed by atoms with van der Waals surface area (Å²) < 4.78 is 33.5. The Hall–Kier alpha value is -1.72. The molecule has 0 bridgehead atoms. The minimum atomic E-state index is -3.68. The minimum absolute atomic E-state index is 0.0564. The molecule has 1 aromatic heterocycles. The second-order valence-corrected chi connectivity index (χ2v) is 8.78. The number of nitrogens with one attached hydrogen (secondary N) is 2. The predicted octanol–water partition coefficient (Wildman–Crippen LogP) is 1.34. The lowest BCUT2D eigenvalue weighted by Crippen LogP contribution is -2.40. The third kappa shape index (κ3) is 4.15. The third-order valence-corrected chi connectivity index (χ3v) is 6.75. The summed E-state index contributed by atoms with van der Waals surface area (Å²) in [7, 11) is -3.68. The maximum Gasteiger partial charge on any atom is 0.244 e. The average Bonchev–Trinajstić information content (AvgIpc) is 3.02. The van der Waals surface area contributed by atoms with E-state index in [-0.39, 0.29) is 40.0 Å². The highest BCUT2D eigenvalue weighted by atomic mass is 35.5. The molecule has 1 amide bonds. The van der Waals surface area contributed by atoms with E-state index in [0.29, 0.717) is 13.2 Å². The molecule has 11 heteroatoms. The van der Waals surface area contributed by atoms with E-state index in [9.17, 15) is 13.2 Å². The minimum Gasteiger partial charge on any atom is -0.379 e. The Morgan fingerprint density at radius 3 is 2.73 bits per heavy atom. The van der Waals surface area contributed by atoms with Gasteiger partial charge >= 0.3 is 0 Å². The molecule has 1 aromatic carbocycles. The summed E-state index contributed by atoms with van der Waals surface area (Å²) in [5.41, 5.74) is 0.216. The molecule has 0 spiro atoms. The van der Waals surface area contributed by atoms with Crippen LogP contribution in [0.1, 0.15) is 0 Å². The molecule has 8 nitrogen and oxygen atoms in total. The number of rotatable bonds is 5. The van der Waals surface area contributed by atoms with Crippen molar-refractivity contribution in [2.75, 3.05) is 31.6 Å². The number of carbonyl (C=O) groups is 1. The van der Waals surface area contributed by atoms with Crippen molar-refractivity contribution in [3.8, 4) is 0 Å². The van der Waals surface area contributed by atoms with Gasteiger partial charge in [-0.25, -0.2) is 8.42 Å². The highest BCUT2D eigenvalue weighted by molar-refractivity contribution is 7.89. The van der Waals surface area contributed by atoms with Crippen LogP contribution in [-0.2, 0) is 26.1 Å². The lowest BCUT2D eigenvalue weighted by atomic mass is 10.3. The monoisotopic (exact) mass is 416 g/mol. The van der Waals surface area contributed by atoms with Crippen molar-refractivity contribution in [1.82, 2.24) is 8.87 Å². The van der Waals surface area contributed by atoms with Crippen LogP contribution in [0.15, 0.2) is 34.7 Å². The lowest BCUT2D eigenvalue weighted by Gasteiger charge is -2.26. The normalized spacial score (nSPS) is 15.7. The summed E-state index contributed by atoms with van der Waals surface area (Å²) in [5, 5.41) is 12.2. The van der Waals surface area contributed by atoms with E-state index >= 15 is 0 Å². The number of thiazole rings is 1. The van der Waals surface area contributed by atoms with Crippen LogP contribution in [0.3, 0.4) is 0 Å². The summed E-state index contributed by atoms with van der Waals surface area (Å²) in [6.45, 7) is 1.22. The zero-order valence-electron chi connectivity index (χ0n) is 13.6. The number of nitrogens with zero attached hydrogens (tertiary/aromatic N) is 2. The Bertz CT molecular complexity index is 964. The van der Waals surface area contributed by atoms with E-state index in [1.54, 1.807) is 11.6 Å². The predicted molar refractivity (Wildman–Crippen MR) is 97.8 cm³/mol. The van der Waals surface area contributed by atoms with E-state index in [4.69, 9.17) is 21.7 Å². The van der Waals surface area contributed by atoms with Crippen LogP contribution in [0.25, 0.3) is 0 Å². The summed E-state index contributed by atoms with van der Waals surface area (Å²) in [6.07, 6.45) is 1.63. The molecule has 26 heavy (non-hydrogen) atoms. The van der Waals surface area contributed by atoms with E-state index < -0.39 is 15.9 Å². The first-order valence-corrected chi connectivity index (χ1v) is 10.4. The number of morpholine rings is 1. The van der Waals surface area contributed by atoms with Crippen molar-refractivity contribution in [2.24, 2.45) is 0 Å². The van der Waals surface area contributed by atoms with Gasteiger partial charge in [-0.15, -0.1) is 11.3 Å². The molecule has 1 saturated heterocycles. The summed E-state index contributed by atoms with van der Waals surface area (Å²) in [5.74, 6) is -0.398. The van der Waals surface area contributed by atoms with E-state index in [1.807, 2.05) is 0 Å². The number of hydrogen-bond donors (Lipinski definition) is 2. The van der Waals surface area contributed by atoms with E-state index in [2.05, 4.69) is 5.32 Å². The number of halogens is 1. The Kier molecular flexibility index (Phi) is 5.78. The molecule has 0 atom stereocenters. The number of amides is 1. The van der Waals surface area contributed by atoms with Gasteiger partial charge in [0.15, 0.2) is 4.80 Å². The Balaban J connectivity index is 1.80. The van der Waals surface area contributed by atoms with Crippen molar-refractivity contribution >= 4 is 44.6 Å². The van der Waals surface area contributed by atoms with E-state index in [0.717, 1.165) is 0 Å². The van der Waals surface area contributed by atoms with Gasteiger partial charge in [-0.3, -0.25) is 10.2 Å². The van der Waals surface area contributed by atoms with E-state index in [1.165, 1.54) is 38.4 Å². The summed E-state index contributed by atoms with van der Waals surface area (Å²) in [6, 6.07) is 4.21. The zero-order valence-corrected chi connectivity index (χ0v) is 16.0. The van der Waals surface area contributed by atoms with Crippen LogP contribution >= 0.6 is 22.9 Å².